The molecular formula is C18H13N3O3. The van der Waals surface area contributed by atoms with Gasteiger partial charge in [0.2, 0.25) is 0 Å². The third kappa shape index (κ3) is 2.54. The molecule has 0 aliphatic rings. The molecule has 0 fully saturated rings. The van der Waals surface area contributed by atoms with Gasteiger partial charge in [0, 0.05) is 5.39 Å². The van der Waals surface area contributed by atoms with Crippen LogP contribution in [-0.4, -0.2) is 16.0 Å². The van der Waals surface area contributed by atoms with Crippen LogP contribution in [0.25, 0.3) is 22.4 Å². The van der Waals surface area contributed by atoms with Gasteiger partial charge in [-0.15, -0.1) is 0 Å². The highest BCUT2D eigenvalue weighted by Gasteiger charge is 2.16. The predicted molar refractivity (Wildman–Crippen MR) is 88.6 cm³/mol. The van der Waals surface area contributed by atoms with Gasteiger partial charge < -0.3 is 14.3 Å². The molecule has 0 aliphatic carbocycles. The van der Waals surface area contributed by atoms with E-state index < -0.39 is 0 Å². The first-order valence-corrected chi connectivity index (χ1v) is 7.40. The number of aryl methyl sites for hydroxylation is 1. The molecule has 0 bridgehead atoms. The first-order chi connectivity index (χ1) is 11.7. The summed E-state index contributed by atoms with van der Waals surface area (Å²) >= 11 is 0. The molecule has 0 atom stereocenters. The van der Waals surface area contributed by atoms with Gasteiger partial charge in [0.05, 0.1) is 11.3 Å². The van der Waals surface area contributed by atoms with E-state index in [2.05, 4.69) is 15.5 Å². The van der Waals surface area contributed by atoms with Gasteiger partial charge in [-0.1, -0.05) is 35.5 Å². The Balaban J connectivity index is 1.66. The minimum Gasteiger partial charge on any atom is -0.451 e. The quantitative estimate of drug-likeness (QED) is 0.616. The maximum absolute atomic E-state index is 12.5. The van der Waals surface area contributed by atoms with E-state index in [9.17, 15) is 4.79 Å². The normalized spacial score (nSPS) is 10.9. The van der Waals surface area contributed by atoms with Crippen LogP contribution in [0, 0.1) is 6.92 Å². The van der Waals surface area contributed by atoms with Crippen molar-refractivity contribution >= 4 is 22.6 Å². The molecule has 6 heteroatoms. The lowest BCUT2D eigenvalue weighted by atomic mass is 10.1. The molecular weight excluding hydrogens is 306 g/mol. The lowest BCUT2D eigenvalue weighted by Gasteiger charge is -2.06. The van der Waals surface area contributed by atoms with E-state index in [0.717, 1.165) is 5.39 Å². The van der Waals surface area contributed by atoms with Crippen LogP contribution in [0.3, 0.4) is 0 Å². The van der Waals surface area contributed by atoms with E-state index in [-0.39, 0.29) is 11.7 Å². The molecule has 24 heavy (non-hydrogen) atoms. The Labute approximate surface area is 137 Å². The number of aromatic nitrogens is 2. The van der Waals surface area contributed by atoms with Crippen molar-refractivity contribution in [1.82, 2.24) is 10.1 Å². The SMILES string of the molecule is Cc1noc(-c2ccccc2NC(=O)c2cc3ccccc3o2)n1. The number of carbonyl (C=O) groups is 1. The smallest absolute Gasteiger partial charge is 0.291 e. The summed E-state index contributed by atoms with van der Waals surface area (Å²) in [5, 5.41) is 7.50. The van der Waals surface area contributed by atoms with Gasteiger partial charge in [0.15, 0.2) is 11.6 Å². The minimum absolute atomic E-state index is 0.243. The summed E-state index contributed by atoms with van der Waals surface area (Å²) in [5.74, 6) is 0.791. The van der Waals surface area contributed by atoms with Gasteiger partial charge >= 0.3 is 0 Å². The zero-order chi connectivity index (χ0) is 16.5. The van der Waals surface area contributed by atoms with E-state index >= 15 is 0 Å². The molecule has 118 valence electrons. The van der Waals surface area contributed by atoms with Crippen molar-refractivity contribution < 1.29 is 13.7 Å². The average Bonchev–Trinajstić information content (AvgIpc) is 3.21. The van der Waals surface area contributed by atoms with Crippen molar-refractivity contribution in [2.45, 2.75) is 6.92 Å². The summed E-state index contributed by atoms with van der Waals surface area (Å²) < 4.78 is 10.8. The summed E-state index contributed by atoms with van der Waals surface area (Å²) in [6.45, 7) is 1.74. The summed E-state index contributed by atoms with van der Waals surface area (Å²) in [6.07, 6.45) is 0. The van der Waals surface area contributed by atoms with Crippen LogP contribution in [0.2, 0.25) is 0 Å². The first-order valence-electron chi connectivity index (χ1n) is 7.40. The molecule has 4 aromatic rings. The summed E-state index contributed by atoms with van der Waals surface area (Å²) in [4.78, 5) is 16.7. The van der Waals surface area contributed by atoms with Gasteiger partial charge in [-0.25, -0.2) is 0 Å². The highest BCUT2D eigenvalue weighted by molar-refractivity contribution is 6.06. The first kappa shape index (κ1) is 14.2. The molecule has 0 aliphatic heterocycles. The number of rotatable bonds is 3. The van der Waals surface area contributed by atoms with Crippen LogP contribution >= 0.6 is 0 Å². The third-order valence-corrected chi connectivity index (χ3v) is 3.58. The second kappa shape index (κ2) is 5.66. The number of anilines is 1. The molecule has 2 heterocycles. The highest BCUT2D eigenvalue weighted by Crippen LogP contribution is 2.27. The zero-order valence-corrected chi connectivity index (χ0v) is 12.8. The number of nitrogens with one attached hydrogen (secondary N) is 1. The molecule has 2 aromatic carbocycles. The average molecular weight is 319 g/mol. The van der Waals surface area contributed by atoms with Crippen LogP contribution in [0.15, 0.2) is 63.5 Å². The molecule has 0 saturated heterocycles. The number of hydrogen-bond donors (Lipinski definition) is 1. The van der Waals surface area contributed by atoms with E-state index in [1.54, 1.807) is 25.1 Å². The topological polar surface area (TPSA) is 81.2 Å². The van der Waals surface area contributed by atoms with E-state index in [4.69, 9.17) is 8.94 Å². The van der Waals surface area contributed by atoms with Gasteiger partial charge in [-0.2, -0.15) is 4.98 Å². The van der Waals surface area contributed by atoms with Crippen LogP contribution in [0.5, 0.6) is 0 Å². The molecule has 4 rings (SSSR count). The largest absolute Gasteiger partial charge is 0.451 e. The molecule has 6 nitrogen and oxygen atoms in total. The fourth-order valence-electron chi connectivity index (χ4n) is 2.46. The number of nitrogens with zero attached hydrogens (tertiary/aromatic N) is 2. The number of benzene rings is 2. The highest BCUT2D eigenvalue weighted by atomic mass is 16.5. The van der Waals surface area contributed by atoms with Gasteiger partial charge in [-0.3, -0.25) is 4.79 Å². The predicted octanol–water partition coefficient (Wildman–Crippen LogP) is 4.04. The van der Waals surface area contributed by atoms with Crippen LogP contribution < -0.4 is 5.32 Å². The molecule has 0 spiro atoms. The maximum atomic E-state index is 12.5. The summed E-state index contributed by atoms with van der Waals surface area (Å²) in [7, 11) is 0. The molecule has 1 N–H and O–H groups in total. The molecule has 0 saturated carbocycles. The fourth-order valence-corrected chi connectivity index (χ4v) is 2.46. The van der Waals surface area contributed by atoms with Gasteiger partial charge in [-0.05, 0) is 31.2 Å². The number of hydrogen-bond acceptors (Lipinski definition) is 5. The monoisotopic (exact) mass is 319 g/mol. The van der Waals surface area contributed by atoms with Crippen LogP contribution in [-0.2, 0) is 0 Å². The Morgan fingerprint density at radius 2 is 1.88 bits per heavy atom. The van der Waals surface area contributed by atoms with E-state index in [1.807, 2.05) is 36.4 Å². The Morgan fingerprint density at radius 1 is 1.08 bits per heavy atom. The van der Waals surface area contributed by atoms with E-state index in [0.29, 0.717) is 28.5 Å². The van der Waals surface area contributed by atoms with Crippen LogP contribution in [0.4, 0.5) is 5.69 Å². The lowest BCUT2D eigenvalue weighted by Crippen LogP contribution is -2.11. The van der Waals surface area contributed by atoms with Gasteiger partial charge in [0.25, 0.3) is 11.8 Å². The standard InChI is InChI=1S/C18H13N3O3/c1-11-19-18(24-21-11)13-7-3-4-8-14(13)20-17(22)16-10-12-6-2-5-9-15(12)23-16/h2-10H,1H3,(H,20,22). The van der Waals surface area contributed by atoms with Crippen molar-refractivity contribution in [3.63, 3.8) is 0 Å². The molecule has 0 unspecified atom stereocenters. The van der Waals surface area contributed by atoms with Crippen molar-refractivity contribution in [3.8, 4) is 11.5 Å². The number of amides is 1. The Hall–Kier alpha value is -3.41. The maximum Gasteiger partial charge on any atom is 0.291 e. The fraction of sp³-hybridized carbons (Fsp3) is 0.0556. The van der Waals surface area contributed by atoms with Crippen molar-refractivity contribution in [2.24, 2.45) is 0 Å². The van der Waals surface area contributed by atoms with E-state index in [1.165, 1.54) is 0 Å². The summed E-state index contributed by atoms with van der Waals surface area (Å²) in [6, 6.07) is 16.4. The number of furan rings is 1. The number of carbonyl (C=O) groups excluding carboxylic acids is 1. The van der Waals surface area contributed by atoms with Crippen molar-refractivity contribution in [1.29, 1.82) is 0 Å². The molecule has 2 aromatic heterocycles. The molecule has 0 radical (unpaired) electrons. The number of fused-ring (bicyclic) bond motifs is 1. The second-order valence-corrected chi connectivity index (χ2v) is 5.29. The van der Waals surface area contributed by atoms with Crippen molar-refractivity contribution in [2.75, 3.05) is 5.32 Å². The summed E-state index contributed by atoms with van der Waals surface area (Å²) in [5.41, 5.74) is 1.90. The Bertz CT molecular complexity index is 1000. The third-order valence-electron chi connectivity index (χ3n) is 3.58. The number of para-hydroxylation sites is 2. The molecule has 1 amide bonds. The van der Waals surface area contributed by atoms with Crippen LogP contribution in [0.1, 0.15) is 16.4 Å². The van der Waals surface area contributed by atoms with Crippen molar-refractivity contribution in [3.05, 3.63) is 66.2 Å². The Morgan fingerprint density at radius 3 is 2.67 bits per heavy atom. The second-order valence-electron chi connectivity index (χ2n) is 5.29. The lowest BCUT2D eigenvalue weighted by molar-refractivity contribution is 0.0999. The Kier molecular flexibility index (Phi) is 3.35. The van der Waals surface area contributed by atoms with Gasteiger partial charge in [0.1, 0.15) is 5.58 Å². The minimum atomic E-state index is -0.338. The zero-order valence-electron chi connectivity index (χ0n) is 12.8.